The van der Waals surface area contributed by atoms with E-state index in [2.05, 4.69) is 10.4 Å². The van der Waals surface area contributed by atoms with Crippen molar-refractivity contribution in [3.63, 3.8) is 0 Å². The Labute approximate surface area is 151 Å². The molecule has 0 aliphatic heterocycles. The molecule has 0 unspecified atom stereocenters. The number of hydrogen-bond donors (Lipinski definition) is 1. The number of aromatic nitrogens is 2. The zero-order valence-electron chi connectivity index (χ0n) is 13.7. The van der Waals surface area contributed by atoms with E-state index in [0.717, 1.165) is 16.0 Å². The second-order valence-electron chi connectivity index (χ2n) is 5.25. The lowest BCUT2D eigenvalue weighted by atomic mass is 10.3. The summed E-state index contributed by atoms with van der Waals surface area (Å²) in [4.78, 5) is 40.5. The summed E-state index contributed by atoms with van der Waals surface area (Å²) in [5.41, 5.74) is 1.72. The summed E-state index contributed by atoms with van der Waals surface area (Å²) in [6, 6.07) is 7.48. The van der Waals surface area contributed by atoms with E-state index in [4.69, 9.17) is 4.74 Å². The number of nitrogens with one attached hydrogen (secondary N) is 1. The van der Waals surface area contributed by atoms with Crippen molar-refractivity contribution in [2.45, 2.75) is 13.3 Å². The van der Waals surface area contributed by atoms with E-state index in [1.54, 1.807) is 12.1 Å². The molecule has 0 aliphatic rings. The van der Waals surface area contributed by atoms with Crippen LogP contribution in [0.15, 0.2) is 41.5 Å². The molecule has 0 saturated carbocycles. The fourth-order valence-corrected chi connectivity index (χ4v) is 3.19. The summed E-state index contributed by atoms with van der Waals surface area (Å²) in [7, 11) is 0. The molecule has 0 atom stereocenters. The minimum absolute atomic E-state index is 0.0287. The first-order valence-corrected chi connectivity index (χ1v) is 8.47. The number of aryl methyl sites for hydroxylation is 1. The number of carbonyl (C=O) groups is 1. The van der Waals surface area contributed by atoms with Gasteiger partial charge in [-0.3, -0.25) is 25.1 Å². The number of nitro groups is 1. The summed E-state index contributed by atoms with van der Waals surface area (Å²) < 4.78 is 6.17. The molecule has 10 heteroatoms. The van der Waals surface area contributed by atoms with Gasteiger partial charge in [-0.1, -0.05) is 19.1 Å². The fourth-order valence-electron chi connectivity index (χ4n) is 2.27. The third-order valence-corrected chi connectivity index (χ3v) is 4.70. The van der Waals surface area contributed by atoms with Crippen LogP contribution in [0.2, 0.25) is 0 Å². The highest BCUT2D eigenvalue weighted by Gasteiger charge is 2.15. The van der Waals surface area contributed by atoms with Crippen molar-refractivity contribution in [2.75, 3.05) is 12.0 Å². The van der Waals surface area contributed by atoms with Crippen LogP contribution in [-0.4, -0.2) is 27.1 Å². The van der Waals surface area contributed by atoms with Gasteiger partial charge in [-0.15, -0.1) is 11.3 Å². The predicted octanol–water partition coefficient (Wildman–Crippen LogP) is 2.08. The van der Waals surface area contributed by atoms with Crippen LogP contribution in [-0.2, 0) is 11.2 Å². The zero-order chi connectivity index (χ0) is 18.7. The standard InChI is InChI=1S/C16H14N4O5S/c1-2-10-7-11-15(26-10)17-9-19(16(11)22)18-14(21)8-25-13-6-4-3-5-12(13)20(23)24/h3-7,9H,2,8H2,1H3,(H,18,21). The van der Waals surface area contributed by atoms with Crippen LogP contribution in [0, 0.1) is 10.1 Å². The van der Waals surface area contributed by atoms with Gasteiger partial charge in [-0.05, 0) is 18.6 Å². The Kier molecular flexibility index (Phi) is 4.94. The molecule has 2 aromatic heterocycles. The quantitative estimate of drug-likeness (QED) is 0.521. The minimum Gasteiger partial charge on any atom is -0.477 e. The SMILES string of the molecule is CCc1cc2c(=O)n(NC(=O)COc3ccccc3[N+](=O)[O-])cnc2s1. The number of rotatable bonds is 6. The number of nitro benzene ring substituents is 1. The number of fused-ring (bicyclic) bond motifs is 1. The Morgan fingerprint density at radius 3 is 2.92 bits per heavy atom. The van der Waals surface area contributed by atoms with Gasteiger partial charge >= 0.3 is 5.69 Å². The largest absolute Gasteiger partial charge is 0.477 e. The summed E-state index contributed by atoms with van der Waals surface area (Å²) in [6.45, 7) is 1.49. The highest BCUT2D eigenvalue weighted by Crippen LogP contribution is 2.25. The molecule has 3 aromatic rings. The molecule has 3 rings (SSSR count). The maximum absolute atomic E-state index is 12.4. The van der Waals surface area contributed by atoms with Crippen molar-refractivity contribution >= 4 is 33.1 Å². The third-order valence-electron chi connectivity index (χ3n) is 3.52. The van der Waals surface area contributed by atoms with Crippen LogP contribution in [0.5, 0.6) is 5.75 Å². The van der Waals surface area contributed by atoms with Gasteiger partial charge in [-0.2, -0.15) is 0 Å². The van der Waals surface area contributed by atoms with E-state index < -0.39 is 23.0 Å². The van der Waals surface area contributed by atoms with E-state index in [0.29, 0.717) is 10.2 Å². The molecule has 0 aliphatic carbocycles. The average Bonchev–Trinajstić information content (AvgIpc) is 3.07. The number of ether oxygens (including phenoxy) is 1. The van der Waals surface area contributed by atoms with E-state index in [1.165, 1.54) is 35.9 Å². The molecule has 1 N–H and O–H groups in total. The van der Waals surface area contributed by atoms with Crippen LogP contribution in [0.3, 0.4) is 0 Å². The highest BCUT2D eigenvalue weighted by molar-refractivity contribution is 7.18. The Balaban J connectivity index is 1.73. The molecule has 26 heavy (non-hydrogen) atoms. The molecule has 0 fully saturated rings. The van der Waals surface area contributed by atoms with Crippen molar-refractivity contribution in [3.05, 3.63) is 62.0 Å². The maximum atomic E-state index is 12.4. The van der Waals surface area contributed by atoms with Crippen molar-refractivity contribution in [1.29, 1.82) is 0 Å². The van der Waals surface area contributed by atoms with E-state index in [-0.39, 0.29) is 11.4 Å². The van der Waals surface area contributed by atoms with Crippen LogP contribution >= 0.6 is 11.3 Å². The molecule has 2 heterocycles. The van der Waals surface area contributed by atoms with Crippen LogP contribution in [0.25, 0.3) is 10.2 Å². The summed E-state index contributed by atoms with van der Waals surface area (Å²) in [5, 5.41) is 11.4. The Morgan fingerprint density at radius 1 is 1.42 bits per heavy atom. The number of carbonyl (C=O) groups excluding carboxylic acids is 1. The van der Waals surface area contributed by atoms with Gasteiger partial charge < -0.3 is 4.74 Å². The van der Waals surface area contributed by atoms with Crippen molar-refractivity contribution in [3.8, 4) is 5.75 Å². The number of amides is 1. The topological polar surface area (TPSA) is 116 Å². The lowest BCUT2D eigenvalue weighted by Crippen LogP contribution is -2.35. The van der Waals surface area contributed by atoms with Crippen molar-refractivity contribution < 1.29 is 14.5 Å². The highest BCUT2D eigenvalue weighted by atomic mass is 32.1. The van der Waals surface area contributed by atoms with Gasteiger partial charge in [0.25, 0.3) is 11.5 Å². The molecular weight excluding hydrogens is 360 g/mol. The first-order valence-electron chi connectivity index (χ1n) is 7.65. The molecule has 134 valence electrons. The predicted molar refractivity (Wildman–Crippen MR) is 96.2 cm³/mol. The third kappa shape index (κ3) is 3.54. The average molecular weight is 374 g/mol. The number of benzene rings is 1. The fraction of sp³-hybridized carbons (Fsp3) is 0.188. The van der Waals surface area contributed by atoms with Gasteiger partial charge in [0.15, 0.2) is 12.4 Å². The molecular formula is C16H14N4O5S. The van der Waals surface area contributed by atoms with Crippen LogP contribution in [0.1, 0.15) is 11.8 Å². The van der Waals surface area contributed by atoms with Gasteiger partial charge in [0, 0.05) is 10.9 Å². The molecule has 1 amide bonds. The summed E-state index contributed by atoms with van der Waals surface area (Å²) >= 11 is 1.43. The normalized spacial score (nSPS) is 10.7. The molecule has 1 aromatic carbocycles. The van der Waals surface area contributed by atoms with Crippen LogP contribution in [0.4, 0.5) is 5.69 Å². The molecule has 0 radical (unpaired) electrons. The first-order chi connectivity index (χ1) is 12.5. The minimum atomic E-state index is -0.641. The van der Waals surface area contributed by atoms with E-state index in [1.807, 2.05) is 6.92 Å². The van der Waals surface area contributed by atoms with Gasteiger partial charge in [0.1, 0.15) is 11.2 Å². The molecule has 0 saturated heterocycles. The van der Waals surface area contributed by atoms with Crippen LogP contribution < -0.4 is 15.7 Å². The van der Waals surface area contributed by atoms with Gasteiger partial charge in [0.2, 0.25) is 0 Å². The maximum Gasteiger partial charge on any atom is 0.310 e. The molecule has 0 bridgehead atoms. The number of para-hydroxylation sites is 2. The lowest BCUT2D eigenvalue weighted by Gasteiger charge is -2.09. The second-order valence-corrected chi connectivity index (χ2v) is 6.37. The Bertz CT molecular complexity index is 1040. The van der Waals surface area contributed by atoms with E-state index >= 15 is 0 Å². The second kappa shape index (κ2) is 7.31. The monoisotopic (exact) mass is 374 g/mol. The van der Waals surface area contributed by atoms with Gasteiger partial charge in [0.05, 0.1) is 10.3 Å². The zero-order valence-corrected chi connectivity index (χ0v) is 14.5. The molecule has 0 spiro atoms. The van der Waals surface area contributed by atoms with E-state index in [9.17, 15) is 19.7 Å². The number of nitrogens with zero attached hydrogens (tertiary/aromatic N) is 3. The lowest BCUT2D eigenvalue weighted by molar-refractivity contribution is -0.385. The van der Waals surface area contributed by atoms with Crippen molar-refractivity contribution in [2.24, 2.45) is 0 Å². The van der Waals surface area contributed by atoms with Gasteiger partial charge in [-0.25, -0.2) is 9.66 Å². The smallest absolute Gasteiger partial charge is 0.310 e. The number of hydrogen-bond acceptors (Lipinski definition) is 7. The summed E-state index contributed by atoms with van der Waals surface area (Å²) in [5.74, 6) is -0.670. The molecule has 9 nitrogen and oxygen atoms in total. The Hall–Kier alpha value is -3.27. The van der Waals surface area contributed by atoms with Crippen molar-refractivity contribution in [1.82, 2.24) is 9.66 Å². The first kappa shape index (κ1) is 17.5. The Morgan fingerprint density at radius 2 is 2.19 bits per heavy atom. The summed E-state index contributed by atoms with van der Waals surface area (Å²) in [6.07, 6.45) is 2.01. The number of thiophene rings is 1.